The summed E-state index contributed by atoms with van der Waals surface area (Å²) in [6.45, 7) is 1.77. The lowest BCUT2D eigenvalue weighted by Crippen LogP contribution is -2.39. The normalized spacial score (nSPS) is 23.0. The van der Waals surface area contributed by atoms with E-state index < -0.39 is 23.9 Å². The van der Waals surface area contributed by atoms with Crippen LogP contribution in [0.4, 0.5) is 5.69 Å². The van der Waals surface area contributed by atoms with Crippen LogP contribution in [0.5, 0.6) is 5.75 Å². The molecule has 3 N–H and O–H groups in total. The Morgan fingerprint density at radius 3 is 2.57 bits per heavy atom. The summed E-state index contributed by atoms with van der Waals surface area (Å²) in [5.74, 6) is -2.57. The average molecular weight is 526 g/mol. The SMILES string of the molecule is COCC1=C([C@H](O)CC/C(C)=C/c2ccc(O)cc2Cl)[C@H](CO)[C@@H]2C(=O)N(c3ccccc3)C(=O)[C@@H]2C1. The van der Waals surface area contributed by atoms with Crippen molar-refractivity contribution in [3.8, 4) is 5.75 Å². The number of hydrogen-bond acceptors (Lipinski definition) is 6. The molecule has 1 aliphatic heterocycles. The lowest BCUT2D eigenvalue weighted by Gasteiger charge is -2.36. The molecule has 2 aromatic carbocycles. The Kier molecular flexibility index (Phi) is 8.49. The van der Waals surface area contributed by atoms with Gasteiger partial charge in [-0.3, -0.25) is 14.5 Å². The van der Waals surface area contributed by atoms with E-state index in [1.165, 1.54) is 11.0 Å². The fraction of sp³-hybridized carbons (Fsp3) is 0.379. The number of nitrogens with zero attached hydrogens (tertiary/aromatic N) is 1. The number of para-hydroxylation sites is 1. The summed E-state index contributed by atoms with van der Waals surface area (Å²) in [6, 6.07) is 13.5. The van der Waals surface area contributed by atoms with Crippen LogP contribution in [-0.2, 0) is 14.3 Å². The Labute approximate surface area is 221 Å². The smallest absolute Gasteiger partial charge is 0.238 e. The Hall–Kier alpha value is -2.97. The van der Waals surface area contributed by atoms with E-state index in [9.17, 15) is 24.9 Å². The highest BCUT2D eigenvalue weighted by Crippen LogP contribution is 2.47. The standard InChI is InChI=1S/C29H32ClNO6/c1-17(12-18-9-10-21(33)14-24(18)30)8-11-25(34)26-19(16-37-2)13-22-27(23(26)15-32)29(36)31(28(22)35)20-6-4-3-5-7-20/h3-7,9-10,12,14,22-23,25,27,32-34H,8,11,13,15-16H2,1-2H3/b17-12+/t22-,23+,25-,27-/m1/s1. The van der Waals surface area contributed by atoms with Crippen LogP contribution in [0.1, 0.15) is 31.7 Å². The molecule has 1 heterocycles. The van der Waals surface area contributed by atoms with Gasteiger partial charge in [0.2, 0.25) is 11.8 Å². The van der Waals surface area contributed by atoms with Gasteiger partial charge in [0, 0.05) is 13.0 Å². The lowest BCUT2D eigenvalue weighted by molar-refractivity contribution is -0.123. The Bertz CT molecular complexity index is 1220. The minimum atomic E-state index is -0.921. The zero-order valence-electron chi connectivity index (χ0n) is 20.9. The molecule has 0 aromatic heterocycles. The predicted molar refractivity (Wildman–Crippen MR) is 142 cm³/mol. The van der Waals surface area contributed by atoms with E-state index in [1.807, 2.05) is 19.1 Å². The molecule has 0 bridgehead atoms. The van der Waals surface area contributed by atoms with E-state index in [0.29, 0.717) is 35.5 Å². The summed E-state index contributed by atoms with van der Waals surface area (Å²) in [5.41, 5.74) is 3.59. The first-order valence-electron chi connectivity index (χ1n) is 12.3. The largest absolute Gasteiger partial charge is 0.508 e. The number of benzene rings is 2. The lowest BCUT2D eigenvalue weighted by atomic mass is 9.68. The van der Waals surface area contributed by atoms with Crippen LogP contribution in [0.15, 0.2) is 65.3 Å². The number of amides is 2. The van der Waals surface area contributed by atoms with Gasteiger partial charge in [-0.2, -0.15) is 0 Å². The number of aliphatic hydroxyl groups excluding tert-OH is 2. The van der Waals surface area contributed by atoms with Gasteiger partial charge in [-0.1, -0.05) is 41.4 Å². The van der Waals surface area contributed by atoms with E-state index in [1.54, 1.807) is 43.5 Å². The summed E-state index contributed by atoms with van der Waals surface area (Å²) in [7, 11) is 1.54. The third kappa shape index (κ3) is 5.50. The number of phenols is 1. The number of aliphatic hydroxyl groups is 2. The number of halogens is 1. The number of allylic oxidation sites excluding steroid dienone is 1. The molecule has 2 aromatic rings. The second kappa shape index (κ2) is 11.6. The highest BCUT2D eigenvalue weighted by Gasteiger charge is 2.55. The van der Waals surface area contributed by atoms with Crippen molar-refractivity contribution >= 4 is 35.2 Å². The molecule has 0 saturated carbocycles. The fourth-order valence-electron chi connectivity index (χ4n) is 5.59. The minimum absolute atomic E-state index is 0.0873. The molecular weight excluding hydrogens is 494 g/mol. The third-order valence-corrected chi connectivity index (χ3v) is 7.60. The highest BCUT2D eigenvalue weighted by molar-refractivity contribution is 6.32. The van der Waals surface area contributed by atoms with Crippen molar-refractivity contribution in [1.29, 1.82) is 0 Å². The Balaban J connectivity index is 1.58. The topological polar surface area (TPSA) is 107 Å². The number of methoxy groups -OCH3 is 1. The van der Waals surface area contributed by atoms with Crippen molar-refractivity contribution in [2.24, 2.45) is 17.8 Å². The maximum absolute atomic E-state index is 13.5. The van der Waals surface area contributed by atoms with Gasteiger partial charge >= 0.3 is 0 Å². The van der Waals surface area contributed by atoms with Gasteiger partial charge in [0.05, 0.1) is 41.9 Å². The van der Waals surface area contributed by atoms with Gasteiger partial charge < -0.3 is 20.1 Å². The summed E-state index contributed by atoms with van der Waals surface area (Å²) >= 11 is 6.22. The number of ether oxygens (including phenoxy) is 1. The summed E-state index contributed by atoms with van der Waals surface area (Å²) in [6.07, 6.45) is 2.18. The molecule has 0 unspecified atom stereocenters. The Morgan fingerprint density at radius 1 is 1.19 bits per heavy atom. The van der Waals surface area contributed by atoms with Crippen LogP contribution in [0.25, 0.3) is 6.08 Å². The number of anilines is 1. The zero-order chi connectivity index (χ0) is 26.7. The highest BCUT2D eigenvalue weighted by atomic mass is 35.5. The number of carbonyl (C=O) groups is 2. The predicted octanol–water partition coefficient (Wildman–Crippen LogP) is 4.35. The van der Waals surface area contributed by atoms with Gasteiger partial charge in [-0.05, 0) is 73.2 Å². The van der Waals surface area contributed by atoms with Gasteiger partial charge in [-0.15, -0.1) is 0 Å². The first-order valence-corrected chi connectivity index (χ1v) is 12.7. The van der Waals surface area contributed by atoms with Gasteiger partial charge in [0.1, 0.15) is 5.75 Å². The molecule has 37 heavy (non-hydrogen) atoms. The number of rotatable bonds is 9. The van der Waals surface area contributed by atoms with E-state index in [4.69, 9.17) is 16.3 Å². The number of aromatic hydroxyl groups is 1. The van der Waals surface area contributed by atoms with E-state index in [0.717, 1.165) is 16.7 Å². The van der Waals surface area contributed by atoms with Crippen molar-refractivity contribution in [2.75, 3.05) is 25.2 Å². The third-order valence-electron chi connectivity index (χ3n) is 7.27. The molecule has 1 saturated heterocycles. The Morgan fingerprint density at radius 2 is 1.92 bits per heavy atom. The molecule has 0 spiro atoms. The van der Waals surface area contributed by atoms with E-state index in [2.05, 4.69) is 0 Å². The average Bonchev–Trinajstić information content (AvgIpc) is 3.13. The first-order chi connectivity index (χ1) is 17.8. The van der Waals surface area contributed by atoms with Crippen LogP contribution in [-0.4, -0.2) is 53.6 Å². The second-order valence-electron chi connectivity index (χ2n) is 9.72. The van der Waals surface area contributed by atoms with Gasteiger partial charge in [0.15, 0.2) is 0 Å². The zero-order valence-corrected chi connectivity index (χ0v) is 21.7. The molecular formula is C29H32ClNO6. The molecule has 1 aliphatic carbocycles. The number of hydrogen-bond donors (Lipinski definition) is 3. The summed E-state index contributed by atoms with van der Waals surface area (Å²) in [5, 5.41) is 31.7. The maximum atomic E-state index is 13.5. The monoisotopic (exact) mass is 525 g/mol. The van der Waals surface area contributed by atoms with Crippen molar-refractivity contribution < 1.29 is 29.6 Å². The van der Waals surface area contributed by atoms with Crippen LogP contribution >= 0.6 is 11.6 Å². The van der Waals surface area contributed by atoms with Crippen molar-refractivity contribution in [3.63, 3.8) is 0 Å². The molecule has 8 heteroatoms. The molecule has 2 amide bonds. The number of carbonyl (C=O) groups excluding carboxylic acids is 2. The van der Waals surface area contributed by atoms with E-state index in [-0.39, 0.29) is 30.8 Å². The molecule has 2 aliphatic rings. The molecule has 0 radical (unpaired) electrons. The van der Waals surface area contributed by atoms with Crippen molar-refractivity contribution in [1.82, 2.24) is 0 Å². The number of imide groups is 1. The van der Waals surface area contributed by atoms with Crippen LogP contribution < -0.4 is 4.90 Å². The molecule has 196 valence electrons. The fourth-order valence-corrected chi connectivity index (χ4v) is 5.82. The van der Waals surface area contributed by atoms with Gasteiger partial charge in [-0.25, -0.2) is 0 Å². The summed E-state index contributed by atoms with van der Waals surface area (Å²) in [4.78, 5) is 28.1. The van der Waals surface area contributed by atoms with E-state index >= 15 is 0 Å². The molecule has 4 atom stereocenters. The first kappa shape index (κ1) is 27.1. The van der Waals surface area contributed by atoms with Crippen molar-refractivity contribution in [2.45, 2.75) is 32.3 Å². The van der Waals surface area contributed by atoms with Crippen LogP contribution in [0, 0.1) is 17.8 Å². The van der Waals surface area contributed by atoms with Gasteiger partial charge in [0.25, 0.3) is 0 Å². The van der Waals surface area contributed by atoms with Crippen molar-refractivity contribution in [3.05, 3.63) is 75.8 Å². The molecule has 4 rings (SSSR count). The molecule has 1 fully saturated rings. The molecule has 7 nitrogen and oxygen atoms in total. The maximum Gasteiger partial charge on any atom is 0.238 e. The number of phenolic OH excluding ortho intramolecular Hbond substituents is 1. The number of fused-ring (bicyclic) bond motifs is 1. The van der Waals surface area contributed by atoms with Crippen LogP contribution in [0.3, 0.4) is 0 Å². The quantitative estimate of drug-likeness (QED) is 0.332. The second-order valence-corrected chi connectivity index (χ2v) is 10.1. The minimum Gasteiger partial charge on any atom is -0.508 e. The van der Waals surface area contributed by atoms with Crippen LogP contribution in [0.2, 0.25) is 5.02 Å². The summed E-state index contributed by atoms with van der Waals surface area (Å²) < 4.78 is 5.40.